The Morgan fingerprint density at radius 3 is 2.63 bits per heavy atom. The van der Waals surface area contributed by atoms with Crippen LogP contribution in [0.2, 0.25) is 0 Å². The zero-order valence-corrected chi connectivity index (χ0v) is 13.7. The Labute approximate surface area is 123 Å². The van der Waals surface area contributed by atoms with E-state index >= 15 is 0 Å². The minimum atomic E-state index is 0.452. The van der Waals surface area contributed by atoms with E-state index in [1.165, 1.54) is 35.5 Å². The van der Waals surface area contributed by atoms with Crippen molar-refractivity contribution in [2.24, 2.45) is 5.92 Å². The second kappa shape index (κ2) is 9.44. The van der Waals surface area contributed by atoms with Crippen LogP contribution in [-0.2, 0) is 0 Å². The number of benzene rings is 1. The molecule has 0 aliphatic carbocycles. The molecular weight excluding hydrogens is 250 g/mol. The molecular formula is C17H29NS. The fourth-order valence-electron chi connectivity index (χ4n) is 2.17. The summed E-state index contributed by atoms with van der Waals surface area (Å²) < 4.78 is 0. The zero-order chi connectivity index (χ0) is 14.1. The Kier molecular flexibility index (Phi) is 8.24. The van der Waals surface area contributed by atoms with E-state index in [-0.39, 0.29) is 0 Å². The van der Waals surface area contributed by atoms with E-state index in [0.717, 1.165) is 12.5 Å². The molecule has 2 atom stereocenters. The van der Waals surface area contributed by atoms with Gasteiger partial charge >= 0.3 is 0 Å². The van der Waals surface area contributed by atoms with E-state index in [4.69, 9.17) is 0 Å². The molecule has 2 heteroatoms. The summed E-state index contributed by atoms with van der Waals surface area (Å²) in [6.07, 6.45) is 3.81. The van der Waals surface area contributed by atoms with Gasteiger partial charge in [-0.2, -0.15) is 0 Å². The van der Waals surface area contributed by atoms with Crippen molar-refractivity contribution in [3.63, 3.8) is 0 Å². The van der Waals surface area contributed by atoms with E-state index in [0.29, 0.717) is 6.04 Å². The lowest BCUT2D eigenvalue weighted by Gasteiger charge is -2.15. The molecule has 0 heterocycles. The number of hydrogen-bond acceptors (Lipinski definition) is 2. The normalized spacial score (nSPS) is 14.3. The Morgan fingerprint density at radius 1 is 1.16 bits per heavy atom. The van der Waals surface area contributed by atoms with Crippen molar-refractivity contribution < 1.29 is 0 Å². The van der Waals surface area contributed by atoms with Gasteiger partial charge in [0.1, 0.15) is 0 Å². The Balaban J connectivity index is 2.51. The van der Waals surface area contributed by atoms with Gasteiger partial charge in [-0.3, -0.25) is 0 Å². The third kappa shape index (κ3) is 6.49. The van der Waals surface area contributed by atoms with Gasteiger partial charge in [0.25, 0.3) is 0 Å². The summed E-state index contributed by atoms with van der Waals surface area (Å²) >= 11 is 2.00. The van der Waals surface area contributed by atoms with Gasteiger partial charge in [-0.1, -0.05) is 45.7 Å². The molecule has 108 valence electrons. The maximum absolute atomic E-state index is 3.55. The van der Waals surface area contributed by atoms with Gasteiger partial charge < -0.3 is 5.32 Å². The molecule has 1 N–H and O–H groups in total. The van der Waals surface area contributed by atoms with E-state index < -0.39 is 0 Å². The molecule has 0 amide bonds. The second-order valence-electron chi connectivity index (χ2n) is 5.45. The number of thioether (sulfide) groups is 1. The average Bonchev–Trinajstić information content (AvgIpc) is 2.43. The molecule has 0 radical (unpaired) electrons. The lowest BCUT2D eigenvalue weighted by molar-refractivity contribution is 0.569. The summed E-state index contributed by atoms with van der Waals surface area (Å²) in [4.78, 5) is 1.41. The van der Waals surface area contributed by atoms with Crippen LogP contribution >= 0.6 is 11.8 Å². The summed E-state index contributed by atoms with van der Waals surface area (Å²) in [6, 6.07) is 9.45. The largest absolute Gasteiger partial charge is 0.310 e. The molecule has 1 aromatic carbocycles. The van der Waals surface area contributed by atoms with Gasteiger partial charge in [-0.05, 0) is 43.5 Å². The fraction of sp³-hybridized carbons (Fsp3) is 0.647. The van der Waals surface area contributed by atoms with Gasteiger partial charge in [0.2, 0.25) is 0 Å². The highest BCUT2D eigenvalue weighted by Crippen LogP contribution is 2.25. The van der Waals surface area contributed by atoms with Crippen molar-refractivity contribution in [3.05, 3.63) is 29.8 Å². The molecule has 1 nitrogen and oxygen atoms in total. The van der Waals surface area contributed by atoms with Gasteiger partial charge in [-0.15, -0.1) is 11.8 Å². The SMILES string of the molecule is CCCNC(C)c1cccc(SCC(C)CCC)c1. The Morgan fingerprint density at radius 2 is 1.95 bits per heavy atom. The highest BCUT2D eigenvalue weighted by Gasteiger charge is 2.06. The molecule has 0 aliphatic rings. The predicted octanol–water partition coefficient (Wildman–Crippen LogP) is 5.28. The fourth-order valence-corrected chi connectivity index (χ4v) is 3.20. The zero-order valence-electron chi connectivity index (χ0n) is 12.9. The smallest absolute Gasteiger partial charge is 0.0292 e. The maximum atomic E-state index is 3.55. The van der Waals surface area contributed by atoms with Crippen LogP contribution in [0, 0.1) is 5.92 Å². The highest BCUT2D eigenvalue weighted by atomic mass is 32.2. The highest BCUT2D eigenvalue weighted by molar-refractivity contribution is 7.99. The molecule has 0 saturated carbocycles. The molecule has 19 heavy (non-hydrogen) atoms. The third-order valence-corrected chi connectivity index (χ3v) is 4.70. The summed E-state index contributed by atoms with van der Waals surface area (Å²) in [5.74, 6) is 2.04. The summed E-state index contributed by atoms with van der Waals surface area (Å²) in [5, 5.41) is 3.55. The van der Waals surface area contributed by atoms with Crippen molar-refractivity contribution >= 4 is 11.8 Å². The summed E-state index contributed by atoms with van der Waals surface area (Å²) in [5.41, 5.74) is 1.40. The monoisotopic (exact) mass is 279 g/mol. The quantitative estimate of drug-likeness (QED) is 0.618. The molecule has 0 bridgehead atoms. The first kappa shape index (κ1) is 16.6. The average molecular weight is 279 g/mol. The van der Waals surface area contributed by atoms with Gasteiger partial charge in [0.15, 0.2) is 0 Å². The Bertz CT molecular complexity index is 351. The van der Waals surface area contributed by atoms with Crippen molar-refractivity contribution in [1.82, 2.24) is 5.32 Å². The van der Waals surface area contributed by atoms with Crippen molar-refractivity contribution in [2.45, 2.75) is 57.9 Å². The summed E-state index contributed by atoms with van der Waals surface area (Å²) in [6.45, 7) is 10.2. The van der Waals surface area contributed by atoms with Gasteiger partial charge in [0.05, 0.1) is 0 Å². The lowest BCUT2D eigenvalue weighted by atomic mass is 10.1. The van der Waals surface area contributed by atoms with E-state index in [2.05, 4.69) is 57.3 Å². The van der Waals surface area contributed by atoms with Crippen LogP contribution in [0.1, 0.15) is 58.6 Å². The van der Waals surface area contributed by atoms with Crippen LogP contribution in [0.3, 0.4) is 0 Å². The minimum Gasteiger partial charge on any atom is -0.310 e. The molecule has 2 unspecified atom stereocenters. The topological polar surface area (TPSA) is 12.0 Å². The molecule has 0 saturated heterocycles. The standard InChI is InChI=1S/C17H29NS/c1-5-8-14(3)13-19-17-10-7-9-16(12-17)15(4)18-11-6-2/h7,9-10,12,14-15,18H,5-6,8,11,13H2,1-4H3. The first-order valence-electron chi connectivity index (χ1n) is 7.63. The van der Waals surface area contributed by atoms with E-state index in [9.17, 15) is 0 Å². The van der Waals surface area contributed by atoms with Crippen LogP contribution in [0.4, 0.5) is 0 Å². The van der Waals surface area contributed by atoms with E-state index in [1.54, 1.807) is 0 Å². The van der Waals surface area contributed by atoms with Crippen LogP contribution in [0.5, 0.6) is 0 Å². The van der Waals surface area contributed by atoms with Gasteiger partial charge in [-0.25, -0.2) is 0 Å². The van der Waals surface area contributed by atoms with Crippen LogP contribution < -0.4 is 5.32 Å². The van der Waals surface area contributed by atoms with Crippen LogP contribution in [-0.4, -0.2) is 12.3 Å². The second-order valence-corrected chi connectivity index (χ2v) is 6.55. The molecule has 0 aromatic heterocycles. The van der Waals surface area contributed by atoms with Crippen LogP contribution in [0.25, 0.3) is 0 Å². The van der Waals surface area contributed by atoms with Crippen molar-refractivity contribution in [1.29, 1.82) is 0 Å². The molecule has 0 fully saturated rings. The maximum Gasteiger partial charge on any atom is 0.0292 e. The molecule has 0 aliphatic heterocycles. The first-order valence-corrected chi connectivity index (χ1v) is 8.62. The van der Waals surface area contributed by atoms with Crippen molar-refractivity contribution in [3.8, 4) is 0 Å². The Hall–Kier alpha value is -0.470. The van der Waals surface area contributed by atoms with Gasteiger partial charge in [0, 0.05) is 16.7 Å². The lowest BCUT2D eigenvalue weighted by Crippen LogP contribution is -2.19. The molecule has 1 rings (SSSR count). The first-order chi connectivity index (χ1) is 9.17. The van der Waals surface area contributed by atoms with E-state index in [1.807, 2.05) is 11.8 Å². The number of nitrogens with one attached hydrogen (secondary N) is 1. The predicted molar refractivity (Wildman–Crippen MR) is 87.9 cm³/mol. The summed E-state index contributed by atoms with van der Waals surface area (Å²) in [7, 11) is 0. The van der Waals surface area contributed by atoms with Crippen LogP contribution in [0.15, 0.2) is 29.2 Å². The molecule has 0 spiro atoms. The molecule has 1 aromatic rings. The number of hydrogen-bond donors (Lipinski definition) is 1. The minimum absolute atomic E-state index is 0.452. The third-order valence-electron chi connectivity index (χ3n) is 3.37. The van der Waals surface area contributed by atoms with Crippen molar-refractivity contribution in [2.75, 3.05) is 12.3 Å². The number of rotatable bonds is 9.